The van der Waals surface area contributed by atoms with Crippen LogP contribution in [0.3, 0.4) is 0 Å². The van der Waals surface area contributed by atoms with Crippen LogP contribution in [-0.4, -0.2) is 9.97 Å². The van der Waals surface area contributed by atoms with Gasteiger partial charge in [0.2, 0.25) is 0 Å². The number of hydrogen-bond donors (Lipinski definition) is 1. The highest BCUT2D eigenvalue weighted by Gasteiger charge is 2.32. The maximum Gasteiger partial charge on any atom is 0.433 e. The molecule has 0 aromatic carbocycles. The summed E-state index contributed by atoms with van der Waals surface area (Å²) in [5, 5.41) is 9.22. The summed E-state index contributed by atoms with van der Waals surface area (Å²) < 4.78 is 37.7. The van der Waals surface area contributed by atoms with Gasteiger partial charge in [-0.1, -0.05) is 6.07 Å². The average Bonchev–Trinajstić information content (AvgIpc) is 3.30. The zero-order valence-corrected chi connectivity index (χ0v) is 11.4. The number of rotatable bonds is 2. The number of pyridine rings is 2. The van der Waals surface area contributed by atoms with Gasteiger partial charge in [0.25, 0.3) is 0 Å². The molecule has 0 bridgehead atoms. The first-order valence-corrected chi connectivity index (χ1v) is 6.64. The van der Waals surface area contributed by atoms with Gasteiger partial charge in [0.05, 0.1) is 0 Å². The zero-order chi connectivity index (χ0) is 15.9. The molecule has 4 nitrogen and oxygen atoms in total. The fourth-order valence-electron chi connectivity index (χ4n) is 2.24. The molecule has 3 rings (SSSR count). The SMILES string of the molecule is N#Cc1c(-c2ccc(C(F)(F)F)nc2)cc(C2CC2)nc1N. The van der Waals surface area contributed by atoms with Crippen LogP contribution in [0.15, 0.2) is 24.4 Å². The number of nitrogens with zero attached hydrogens (tertiary/aromatic N) is 3. The summed E-state index contributed by atoms with van der Waals surface area (Å²) in [4.78, 5) is 7.63. The molecule has 2 aromatic rings. The lowest BCUT2D eigenvalue weighted by atomic mass is 10.0. The van der Waals surface area contributed by atoms with Crippen molar-refractivity contribution in [2.45, 2.75) is 24.9 Å². The van der Waals surface area contributed by atoms with Crippen molar-refractivity contribution in [3.8, 4) is 17.2 Å². The van der Waals surface area contributed by atoms with E-state index >= 15 is 0 Å². The van der Waals surface area contributed by atoms with Crippen molar-refractivity contribution in [3.05, 3.63) is 41.3 Å². The highest BCUT2D eigenvalue weighted by molar-refractivity contribution is 5.75. The second-order valence-corrected chi connectivity index (χ2v) is 5.17. The van der Waals surface area contributed by atoms with Gasteiger partial charge in [-0.05, 0) is 25.0 Å². The summed E-state index contributed by atoms with van der Waals surface area (Å²) in [5.41, 5.74) is 6.64. The second-order valence-electron chi connectivity index (χ2n) is 5.17. The molecule has 1 saturated carbocycles. The molecule has 0 atom stereocenters. The summed E-state index contributed by atoms with van der Waals surface area (Å²) in [7, 11) is 0. The number of nitrogens with two attached hydrogens (primary N) is 1. The molecule has 22 heavy (non-hydrogen) atoms. The molecule has 7 heteroatoms. The second kappa shape index (κ2) is 4.98. The standard InChI is InChI=1S/C15H11F3N4/c16-15(17,18)13-4-3-9(7-21-13)10-5-12(8-1-2-8)22-14(20)11(10)6-19/h3-5,7-8H,1-2H2,(H2,20,22). The fraction of sp³-hybridized carbons (Fsp3) is 0.267. The van der Waals surface area contributed by atoms with Crippen LogP contribution in [0.4, 0.5) is 19.0 Å². The molecule has 1 aliphatic carbocycles. The Morgan fingerprint density at radius 2 is 2.00 bits per heavy atom. The molecule has 2 N–H and O–H groups in total. The van der Waals surface area contributed by atoms with E-state index in [-0.39, 0.29) is 11.4 Å². The lowest BCUT2D eigenvalue weighted by Crippen LogP contribution is -2.07. The third-order valence-electron chi connectivity index (χ3n) is 3.54. The molecule has 0 saturated heterocycles. The van der Waals surface area contributed by atoms with Gasteiger partial charge in [-0.15, -0.1) is 0 Å². The third kappa shape index (κ3) is 2.60. The van der Waals surface area contributed by atoms with E-state index in [9.17, 15) is 18.4 Å². The predicted octanol–water partition coefficient (Wildman–Crippen LogP) is 3.49. The Labute approximate surface area is 124 Å². The van der Waals surface area contributed by atoms with Gasteiger partial charge in [0.1, 0.15) is 23.1 Å². The van der Waals surface area contributed by atoms with Crippen molar-refractivity contribution in [2.24, 2.45) is 0 Å². The van der Waals surface area contributed by atoms with Crippen LogP contribution in [-0.2, 0) is 6.18 Å². The summed E-state index contributed by atoms with van der Waals surface area (Å²) in [6.45, 7) is 0. The minimum atomic E-state index is -4.49. The molecule has 0 spiro atoms. The third-order valence-corrected chi connectivity index (χ3v) is 3.54. The Morgan fingerprint density at radius 1 is 1.27 bits per heavy atom. The maximum absolute atomic E-state index is 12.6. The van der Waals surface area contributed by atoms with E-state index in [1.165, 1.54) is 6.07 Å². The van der Waals surface area contributed by atoms with Gasteiger partial charge < -0.3 is 5.73 Å². The minimum absolute atomic E-state index is 0.0989. The smallest absolute Gasteiger partial charge is 0.383 e. The van der Waals surface area contributed by atoms with Gasteiger partial charge in [0, 0.05) is 28.9 Å². The quantitative estimate of drug-likeness (QED) is 0.921. The van der Waals surface area contributed by atoms with Crippen LogP contribution < -0.4 is 5.73 Å². The molecule has 0 amide bonds. The van der Waals surface area contributed by atoms with Crippen LogP contribution in [0.5, 0.6) is 0 Å². The van der Waals surface area contributed by atoms with Crippen molar-refractivity contribution in [3.63, 3.8) is 0 Å². The Morgan fingerprint density at radius 3 is 2.50 bits per heavy atom. The maximum atomic E-state index is 12.6. The van der Waals surface area contributed by atoms with E-state index in [1.807, 2.05) is 6.07 Å². The summed E-state index contributed by atoms with van der Waals surface area (Å²) in [5.74, 6) is 0.415. The predicted molar refractivity (Wildman–Crippen MR) is 73.6 cm³/mol. The number of hydrogen-bond acceptors (Lipinski definition) is 4. The Kier molecular flexibility index (Phi) is 3.24. The molecule has 112 valence electrons. The summed E-state index contributed by atoms with van der Waals surface area (Å²) in [6, 6.07) is 5.86. The van der Waals surface area contributed by atoms with Crippen molar-refractivity contribution in [2.75, 3.05) is 5.73 Å². The van der Waals surface area contributed by atoms with E-state index in [0.29, 0.717) is 17.0 Å². The highest BCUT2D eigenvalue weighted by Crippen LogP contribution is 2.41. The van der Waals surface area contributed by atoms with Gasteiger partial charge in [-0.25, -0.2) is 4.98 Å². The molecule has 1 fully saturated rings. The number of aromatic nitrogens is 2. The van der Waals surface area contributed by atoms with Crippen LogP contribution in [0, 0.1) is 11.3 Å². The number of halogens is 3. The Balaban J connectivity index is 2.09. The minimum Gasteiger partial charge on any atom is -0.383 e. The van der Waals surface area contributed by atoms with Gasteiger partial charge in [-0.2, -0.15) is 18.4 Å². The Bertz CT molecular complexity index is 756. The zero-order valence-electron chi connectivity index (χ0n) is 11.4. The van der Waals surface area contributed by atoms with Crippen LogP contribution >= 0.6 is 0 Å². The molecular formula is C15H11F3N4. The normalized spacial score (nSPS) is 14.6. The number of anilines is 1. The van der Waals surface area contributed by atoms with E-state index in [2.05, 4.69) is 9.97 Å². The molecule has 0 unspecified atom stereocenters. The Hall–Kier alpha value is -2.62. The lowest BCUT2D eigenvalue weighted by molar-refractivity contribution is -0.141. The number of nitriles is 1. The van der Waals surface area contributed by atoms with Gasteiger partial charge in [-0.3, -0.25) is 4.98 Å². The first kappa shape index (κ1) is 14.3. The van der Waals surface area contributed by atoms with Crippen molar-refractivity contribution >= 4 is 5.82 Å². The first-order chi connectivity index (χ1) is 10.4. The molecule has 0 aliphatic heterocycles. The van der Waals surface area contributed by atoms with Crippen LogP contribution in [0.2, 0.25) is 0 Å². The summed E-state index contributed by atoms with van der Waals surface area (Å²) in [6.07, 6.45) is -1.38. The average molecular weight is 304 g/mol. The van der Waals surface area contributed by atoms with E-state index in [4.69, 9.17) is 5.73 Å². The van der Waals surface area contributed by atoms with Crippen molar-refractivity contribution in [1.29, 1.82) is 5.26 Å². The topological polar surface area (TPSA) is 75.6 Å². The lowest BCUT2D eigenvalue weighted by Gasteiger charge is -2.10. The van der Waals surface area contributed by atoms with Crippen LogP contribution in [0.25, 0.3) is 11.1 Å². The molecule has 1 aliphatic rings. The molecule has 2 aromatic heterocycles. The first-order valence-electron chi connectivity index (χ1n) is 6.64. The van der Waals surface area contributed by atoms with E-state index in [1.54, 1.807) is 6.07 Å². The number of nitrogen functional groups attached to an aromatic ring is 1. The molecular weight excluding hydrogens is 293 g/mol. The molecule has 0 radical (unpaired) electrons. The number of alkyl halides is 3. The monoisotopic (exact) mass is 304 g/mol. The summed E-state index contributed by atoms with van der Waals surface area (Å²) >= 11 is 0. The highest BCUT2D eigenvalue weighted by atomic mass is 19.4. The van der Waals surface area contributed by atoms with Gasteiger partial charge in [0.15, 0.2) is 0 Å². The van der Waals surface area contributed by atoms with Crippen molar-refractivity contribution in [1.82, 2.24) is 9.97 Å². The molecule has 2 heterocycles. The largest absolute Gasteiger partial charge is 0.433 e. The van der Waals surface area contributed by atoms with Crippen molar-refractivity contribution < 1.29 is 13.2 Å². The van der Waals surface area contributed by atoms with E-state index in [0.717, 1.165) is 30.8 Å². The van der Waals surface area contributed by atoms with E-state index < -0.39 is 11.9 Å². The van der Waals surface area contributed by atoms with Gasteiger partial charge >= 0.3 is 6.18 Å². The van der Waals surface area contributed by atoms with Crippen LogP contribution in [0.1, 0.15) is 35.7 Å². The fourth-order valence-corrected chi connectivity index (χ4v) is 2.24.